The van der Waals surface area contributed by atoms with Gasteiger partial charge in [0.25, 0.3) is 0 Å². The molecule has 0 spiro atoms. The van der Waals surface area contributed by atoms with Crippen LogP contribution in [-0.4, -0.2) is 58.8 Å². The first kappa shape index (κ1) is 29.1. The number of nitrogens with one attached hydrogen (secondary N) is 1. The zero-order chi connectivity index (χ0) is 24.6. The number of carbonyl (C=O) groups excluding carboxylic acids is 3. The van der Waals surface area contributed by atoms with Crippen LogP contribution in [0.5, 0.6) is 0 Å². The summed E-state index contributed by atoms with van der Waals surface area (Å²) in [6.07, 6.45) is 0.798. The summed E-state index contributed by atoms with van der Waals surface area (Å²) in [5.74, 6) is -2.41. The maximum atomic E-state index is 12.6. The highest BCUT2D eigenvalue weighted by atomic mass is 28.4. The third kappa shape index (κ3) is 9.86. The molecule has 1 amide bonds. The van der Waals surface area contributed by atoms with E-state index in [0.29, 0.717) is 0 Å². The van der Waals surface area contributed by atoms with Crippen LogP contribution in [0.1, 0.15) is 48.0 Å². The van der Waals surface area contributed by atoms with E-state index in [1.807, 2.05) is 0 Å². The van der Waals surface area contributed by atoms with E-state index in [1.54, 1.807) is 26.8 Å². The maximum absolute atomic E-state index is 12.6. The second-order valence-corrected chi connectivity index (χ2v) is 14.9. The Morgan fingerprint density at radius 2 is 1.52 bits per heavy atom. The Morgan fingerprint density at radius 3 is 1.90 bits per heavy atom. The van der Waals surface area contributed by atoms with Gasteiger partial charge >= 0.3 is 18.0 Å². The van der Waals surface area contributed by atoms with Crippen LogP contribution in [0.15, 0.2) is 12.7 Å². The monoisotopic (exact) mass is 459 g/mol. The number of carbonyl (C=O) groups is 3. The molecule has 0 saturated carbocycles. The molecule has 1 N–H and O–H groups in total. The van der Waals surface area contributed by atoms with Gasteiger partial charge in [0.1, 0.15) is 11.6 Å². The maximum Gasteiger partial charge on any atom is 0.408 e. The highest BCUT2D eigenvalue weighted by Gasteiger charge is 2.40. The molecule has 0 aromatic carbocycles. The molecular weight excluding hydrogens is 418 g/mol. The summed E-state index contributed by atoms with van der Waals surface area (Å²) >= 11 is 0. The Kier molecular flexibility index (Phi) is 11.0. The number of hydrogen-bond acceptors (Lipinski definition) is 7. The van der Waals surface area contributed by atoms with Crippen molar-refractivity contribution in [2.24, 2.45) is 11.8 Å². The molecular formula is C22H41NO7Si. The van der Waals surface area contributed by atoms with E-state index < -0.39 is 49.8 Å². The molecule has 0 fully saturated rings. The van der Waals surface area contributed by atoms with Gasteiger partial charge in [-0.3, -0.25) is 4.79 Å². The molecule has 0 aliphatic rings. The first-order chi connectivity index (χ1) is 14.0. The molecule has 180 valence electrons. The molecule has 3 atom stereocenters. The van der Waals surface area contributed by atoms with E-state index in [0.717, 1.165) is 0 Å². The van der Waals surface area contributed by atoms with Crippen LogP contribution in [0.25, 0.3) is 0 Å². The van der Waals surface area contributed by atoms with Gasteiger partial charge < -0.3 is 24.0 Å². The molecule has 0 aromatic heterocycles. The summed E-state index contributed by atoms with van der Waals surface area (Å²) in [6, 6.07) is -1.10. The number of ether oxygens (including phenoxy) is 3. The van der Waals surface area contributed by atoms with Crippen molar-refractivity contribution in [3.05, 3.63) is 12.7 Å². The van der Waals surface area contributed by atoms with Crippen LogP contribution in [0.2, 0.25) is 18.1 Å². The highest BCUT2D eigenvalue weighted by molar-refractivity contribution is 6.74. The van der Waals surface area contributed by atoms with Crippen molar-refractivity contribution in [2.75, 3.05) is 20.8 Å². The lowest BCUT2D eigenvalue weighted by atomic mass is 9.87. The van der Waals surface area contributed by atoms with Gasteiger partial charge in [-0.25, -0.2) is 9.59 Å². The molecule has 0 radical (unpaired) electrons. The summed E-state index contributed by atoms with van der Waals surface area (Å²) in [6.45, 7) is 19.8. The van der Waals surface area contributed by atoms with Crippen LogP contribution >= 0.6 is 0 Å². The lowest BCUT2D eigenvalue weighted by Crippen LogP contribution is -2.47. The van der Waals surface area contributed by atoms with Crippen molar-refractivity contribution in [1.29, 1.82) is 0 Å². The van der Waals surface area contributed by atoms with Gasteiger partial charge in [0, 0.05) is 12.5 Å². The predicted molar refractivity (Wildman–Crippen MR) is 122 cm³/mol. The van der Waals surface area contributed by atoms with E-state index in [1.165, 1.54) is 14.2 Å². The minimum Gasteiger partial charge on any atom is -0.469 e. The molecule has 8 nitrogen and oxygen atoms in total. The van der Waals surface area contributed by atoms with Crippen molar-refractivity contribution in [3.63, 3.8) is 0 Å². The summed E-state index contributed by atoms with van der Waals surface area (Å²) < 4.78 is 21.3. The van der Waals surface area contributed by atoms with Gasteiger partial charge in [0.05, 0.1) is 20.1 Å². The number of esters is 2. The Balaban J connectivity index is 5.64. The van der Waals surface area contributed by atoms with Gasteiger partial charge in [-0.2, -0.15) is 0 Å². The van der Waals surface area contributed by atoms with Crippen LogP contribution in [-0.2, 0) is 28.2 Å². The third-order valence-corrected chi connectivity index (χ3v) is 9.93. The Morgan fingerprint density at radius 1 is 1.00 bits per heavy atom. The summed E-state index contributed by atoms with van der Waals surface area (Å²) in [5.41, 5.74) is -0.743. The molecule has 31 heavy (non-hydrogen) atoms. The van der Waals surface area contributed by atoms with Crippen molar-refractivity contribution >= 4 is 26.3 Å². The number of hydrogen-bond donors (Lipinski definition) is 1. The van der Waals surface area contributed by atoms with Crippen molar-refractivity contribution in [2.45, 2.75) is 77.7 Å². The molecule has 9 heteroatoms. The van der Waals surface area contributed by atoms with Gasteiger partial charge in [0.2, 0.25) is 0 Å². The normalized spacial score (nSPS) is 15.3. The SMILES string of the molecule is C=C[C@H](CO[Si](C)(C)C(C)(C)C)[C@@H](C[C@H](NC(=O)OC(C)(C)C)C(=O)OC)C(=O)OC. The Labute approximate surface area is 188 Å². The van der Waals surface area contributed by atoms with Crippen LogP contribution in [0.4, 0.5) is 4.79 Å². The fourth-order valence-corrected chi connectivity index (χ4v) is 3.57. The standard InChI is InChI=1S/C22H41NO7Si/c1-12-15(14-29-31(10,11)22(5,6)7)16(18(24)27-8)13-17(19(25)28-9)23-20(26)30-21(2,3)4/h12,15-17H,1,13-14H2,2-11H3,(H,23,26)/t15-,16-,17+/m1/s1. The van der Waals surface area contributed by atoms with Crippen molar-refractivity contribution in [3.8, 4) is 0 Å². The van der Waals surface area contributed by atoms with Crippen molar-refractivity contribution in [1.82, 2.24) is 5.32 Å². The van der Waals surface area contributed by atoms with E-state index in [2.05, 4.69) is 45.8 Å². The Hall–Kier alpha value is -1.87. The third-order valence-electron chi connectivity index (χ3n) is 5.43. The quantitative estimate of drug-likeness (QED) is 0.228. The van der Waals surface area contributed by atoms with Crippen LogP contribution in [0.3, 0.4) is 0 Å². The average Bonchev–Trinajstić information content (AvgIpc) is 2.62. The molecule has 0 aliphatic carbocycles. The molecule has 0 unspecified atom stereocenters. The van der Waals surface area contributed by atoms with Gasteiger partial charge in [-0.1, -0.05) is 26.8 Å². The molecule has 0 saturated heterocycles. The minimum atomic E-state index is -2.08. The van der Waals surface area contributed by atoms with E-state index in [4.69, 9.17) is 18.6 Å². The molecule has 0 aliphatic heterocycles. The second kappa shape index (κ2) is 11.7. The van der Waals surface area contributed by atoms with E-state index in [9.17, 15) is 14.4 Å². The Bertz CT molecular complexity index is 635. The van der Waals surface area contributed by atoms with Crippen LogP contribution in [0, 0.1) is 11.8 Å². The van der Waals surface area contributed by atoms with Gasteiger partial charge in [0.15, 0.2) is 8.32 Å². The lowest BCUT2D eigenvalue weighted by Gasteiger charge is -2.38. The fourth-order valence-electron chi connectivity index (χ4n) is 2.53. The second-order valence-electron chi connectivity index (χ2n) is 10.1. The number of methoxy groups -OCH3 is 2. The molecule has 0 bridgehead atoms. The van der Waals surface area contributed by atoms with Crippen molar-refractivity contribution < 1.29 is 33.0 Å². The van der Waals surface area contributed by atoms with Gasteiger partial charge in [-0.05, 0) is 45.3 Å². The van der Waals surface area contributed by atoms with Gasteiger partial charge in [-0.15, -0.1) is 6.58 Å². The summed E-state index contributed by atoms with van der Waals surface area (Å²) in [7, 11) is 0.412. The minimum absolute atomic E-state index is 0.00764. The molecule has 0 rings (SSSR count). The van der Waals surface area contributed by atoms with E-state index >= 15 is 0 Å². The zero-order valence-corrected chi connectivity index (χ0v) is 21.8. The highest BCUT2D eigenvalue weighted by Crippen LogP contribution is 2.37. The first-order valence-electron chi connectivity index (χ1n) is 10.4. The fraction of sp³-hybridized carbons (Fsp3) is 0.773. The summed E-state index contributed by atoms with van der Waals surface area (Å²) in [5, 5.41) is 2.49. The largest absolute Gasteiger partial charge is 0.469 e. The first-order valence-corrected chi connectivity index (χ1v) is 13.3. The molecule has 0 heterocycles. The lowest BCUT2D eigenvalue weighted by molar-refractivity contribution is -0.149. The topological polar surface area (TPSA) is 100 Å². The zero-order valence-electron chi connectivity index (χ0n) is 20.8. The summed E-state index contributed by atoms with van der Waals surface area (Å²) in [4.78, 5) is 37.1. The number of alkyl carbamates (subject to hydrolysis) is 1. The number of rotatable bonds is 10. The molecule has 0 aromatic rings. The van der Waals surface area contributed by atoms with E-state index in [-0.39, 0.29) is 18.1 Å². The predicted octanol–water partition coefficient (Wildman–Crippen LogP) is 4.06. The van der Waals surface area contributed by atoms with Crippen LogP contribution < -0.4 is 5.32 Å². The average molecular weight is 460 g/mol. The smallest absolute Gasteiger partial charge is 0.408 e. The number of amides is 1.